The lowest BCUT2D eigenvalue weighted by Crippen LogP contribution is -2.24. The summed E-state index contributed by atoms with van der Waals surface area (Å²) in [6.07, 6.45) is 7.14. The van der Waals surface area contributed by atoms with Gasteiger partial charge in [-0.2, -0.15) is 0 Å². The molecule has 1 aliphatic carbocycles. The summed E-state index contributed by atoms with van der Waals surface area (Å²) in [6, 6.07) is 3.91. The van der Waals surface area contributed by atoms with E-state index in [1.807, 2.05) is 30.7 Å². The first-order valence-corrected chi connectivity index (χ1v) is 12.0. The molecule has 0 unspecified atom stereocenters. The van der Waals surface area contributed by atoms with Crippen molar-refractivity contribution in [3.8, 4) is 0 Å². The highest BCUT2D eigenvalue weighted by molar-refractivity contribution is 7.91. The number of hydrogen-bond donors (Lipinski definition) is 0. The predicted molar refractivity (Wildman–Crippen MR) is 111 cm³/mol. The van der Waals surface area contributed by atoms with Gasteiger partial charge in [0.15, 0.2) is 0 Å². The number of aryl methyl sites for hydroxylation is 1. The molecular weight excluding hydrogens is 390 g/mol. The van der Waals surface area contributed by atoms with E-state index in [4.69, 9.17) is 9.15 Å². The predicted octanol–water partition coefficient (Wildman–Crippen LogP) is 3.42. The zero-order valence-corrected chi connectivity index (χ0v) is 18.6. The molecular formula is C21H33N3O4S. The van der Waals surface area contributed by atoms with Crippen molar-refractivity contribution in [3.63, 3.8) is 0 Å². The fourth-order valence-corrected chi connectivity index (χ4v) is 5.96. The highest BCUT2D eigenvalue weighted by Crippen LogP contribution is 2.27. The Labute approximate surface area is 174 Å². The van der Waals surface area contributed by atoms with Crippen molar-refractivity contribution in [1.29, 1.82) is 0 Å². The maximum absolute atomic E-state index is 13.1. The van der Waals surface area contributed by atoms with Crippen LogP contribution in [0.4, 0.5) is 0 Å². The molecule has 2 aromatic rings. The molecule has 1 aliphatic rings. The van der Waals surface area contributed by atoms with E-state index >= 15 is 0 Å². The zero-order chi connectivity index (χ0) is 20.9. The van der Waals surface area contributed by atoms with Crippen molar-refractivity contribution in [3.05, 3.63) is 35.5 Å². The molecule has 0 N–H and O–H groups in total. The van der Waals surface area contributed by atoms with Gasteiger partial charge < -0.3 is 13.7 Å². The summed E-state index contributed by atoms with van der Waals surface area (Å²) < 4.78 is 38.9. The average Bonchev–Trinajstić information content (AvgIpc) is 3.26. The number of furan rings is 1. The second-order valence-corrected chi connectivity index (χ2v) is 10.1. The Morgan fingerprint density at radius 3 is 2.66 bits per heavy atom. The number of nitrogens with zero attached hydrogens (tertiary/aromatic N) is 3. The topological polar surface area (TPSA) is 77.6 Å². The van der Waals surface area contributed by atoms with Crippen molar-refractivity contribution < 1.29 is 17.6 Å². The molecule has 162 valence electrons. The van der Waals surface area contributed by atoms with Gasteiger partial charge in [-0.3, -0.25) is 4.90 Å². The number of hydrogen-bond acceptors (Lipinski definition) is 6. The smallest absolute Gasteiger partial charge is 0.227 e. The van der Waals surface area contributed by atoms with Crippen LogP contribution in [-0.4, -0.2) is 49.4 Å². The van der Waals surface area contributed by atoms with Gasteiger partial charge in [0.25, 0.3) is 0 Å². The van der Waals surface area contributed by atoms with Crippen LogP contribution in [0.5, 0.6) is 0 Å². The summed E-state index contributed by atoms with van der Waals surface area (Å²) in [5.74, 6) is 2.21. The highest BCUT2D eigenvalue weighted by atomic mass is 32.2. The molecule has 1 saturated carbocycles. The monoisotopic (exact) mass is 423 g/mol. The van der Waals surface area contributed by atoms with Crippen molar-refractivity contribution in [1.82, 2.24) is 14.5 Å². The Hall–Kier alpha value is -1.64. The Bertz CT molecular complexity index is 882. The summed E-state index contributed by atoms with van der Waals surface area (Å²) in [4.78, 5) is 6.43. The van der Waals surface area contributed by atoms with Gasteiger partial charge in [-0.25, -0.2) is 13.4 Å². The molecule has 1 fully saturated rings. The van der Waals surface area contributed by atoms with Crippen LogP contribution in [0.15, 0.2) is 27.9 Å². The fourth-order valence-electron chi connectivity index (χ4n) is 4.10. The van der Waals surface area contributed by atoms with Gasteiger partial charge in [0, 0.05) is 20.2 Å². The van der Waals surface area contributed by atoms with Gasteiger partial charge in [0.2, 0.25) is 15.0 Å². The van der Waals surface area contributed by atoms with Gasteiger partial charge in [-0.05, 0) is 44.9 Å². The number of sulfone groups is 1. The Morgan fingerprint density at radius 1 is 1.24 bits per heavy atom. The third-order valence-electron chi connectivity index (χ3n) is 5.53. The van der Waals surface area contributed by atoms with E-state index in [0.717, 1.165) is 42.9 Å². The van der Waals surface area contributed by atoms with Gasteiger partial charge in [0.1, 0.15) is 11.5 Å². The SMILES string of the molecule is COCCn1c(CN(C)Cc2ccc(C)o2)cnc1S(=O)(=O)CC1CCCCC1. The minimum atomic E-state index is -3.43. The normalized spacial score (nSPS) is 16.0. The van der Waals surface area contributed by atoms with E-state index in [2.05, 4.69) is 9.88 Å². The Morgan fingerprint density at radius 2 is 2.00 bits per heavy atom. The number of aromatic nitrogens is 2. The molecule has 7 nitrogen and oxygen atoms in total. The van der Waals surface area contributed by atoms with Gasteiger partial charge in [-0.15, -0.1) is 0 Å². The van der Waals surface area contributed by atoms with E-state index < -0.39 is 9.84 Å². The number of methoxy groups -OCH3 is 1. The van der Waals surface area contributed by atoms with Gasteiger partial charge in [-0.1, -0.05) is 19.3 Å². The molecule has 3 rings (SSSR count). The standard InChI is InChI=1S/C21H33N3O4S/c1-17-9-10-20(28-17)15-23(2)14-19-13-22-21(24(19)11-12-27-3)29(25,26)16-18-7-5-4-6-8-18/h9-10,13,18H,4-8,11-12,14-16H2,1-3H3. The van der Waals surface area contributed by atoms with E-state index in [-0.39, 0.29) is 16.8 Å². The molecule has 0 aromatic carbocycles. The fraction of sp³-hybridized carbons (Fsp3) is 0.667. The molecule has 0 saturated heterocycles. The lowest BCUT2D eigenvalue weighted by Gasteiger charge is -2.22. The van der Waals surface area contributed by atoms with Crippen molar-refractivity contribution in [2.45, 2.75) is 63.8 Å². The van der Waals surface area contributed by atoms with Crippen LogP contribution in [0, 0.1) is 12.8 Å². The van der Waals surface area contributed by atoms with E-state index in [0.29, 0.717) is 26.2 Å². The van der Waals surface area contributed by atoms with Gasteiger partial charge in [0.05, 0.1) is 30.8 Å². The lowest BCUT2D eigenvalue weighted by molar-refractivity contribution is 0.181. The number of imidazole rings is 1. The van der Waals surface area contributed by atoms with Crippen LogP contribution < -0.4 is 0 Å². The summed E-state index contributed by atoms with van der Waals surface area (Å²) >= 11 is 0. The number of rotatable bonds is 10. The van der Waals surface area contributed by atoms with Crippen LogP contribution in [0.3, 0.4) is 0 Å². The molecule has 0 bridgehead atoms. The molecule has 0 radical (unpaired) electrons. The molecule has 29 heavy (non-hydrogen) atoms. The molecule has 2 aromatic heterocycles. The Kier molecular flexibility index (Phi) is 7.54. The van der Waals surface area contributed by atoms with E-state index in [1.54, 1.807) is 13.3 Å². The summed E-state index contributed by atoms with van der Waals surface area (Å²) in [7, 11) is 0.179. The van der Waals surface area contributed by atoms with Crippen molar-refractivity contribution in [2.75, 3.05) is 26.5 Å². The van der Waals surface area contributed by atoms with Gasteiger partial charge >= 0.3 is 0 Å². The second kappa shape index (κ2) is 9.91. The Balaban J connectivity index is 1.76. The van der Waals surface area contributed by atoms with Crippen LogP contribution in [0.1, 0.15) is 49.3 Å². The maximum Gasteiger partial charge on any atom is 0.227 e. The molecule has 0 amide bonds. The zero-order valence-electron chi connectivity index (χ0n) is 17.8. The van der Waals surface area contributed by atoms with Crippen LogP contribution >= 0.6 is 0 Å². The lowest BCUT2D eigenvalue weighted by atomic mass is 9.91. The molecule has 2 heterocycles. The summed E-state index contributed by atoms with van der Waals surface area (Å²) in [5.41, 5.74) is 0.870. The van der Waals surface area contributed by atoms with E-state index in [1.165, 1.54) is 6.42 Å². The van der Waals surface area contributed by atoms with E-state index in [9.17, 15) is 8.42 Å². The largest absolute Gasteiger partial charge is 0.465 e. The number of ether oxygens (including phenoxy) is 1. The second-order valence-electron chi connectivity index (χ2n) is 8.15. The van der Waals surface area contributed by atoms with Crippen molar-refractivity contribution >= 4 is 9.84 Å². The summed E-state index contributed by atoms with van der Waals surface area (Å²) in [6.45, 7) is 4.06. The maximum atomic E-state index is 13.1. The third kappa shape index (κ3) is 5.93. The van der Waals surface area contributed by atoms with Crippen LogP contribution in [0.25, 0.3) is 0 Å². The third-order valence-corrected chi connectivity index (χ3v) is 7.32. The van der Waals surface area contributed by atoms with Crippen molar-refractivity contribution in [2.24, 2.45) is 5.92 Å². The van der Waals surface area contributed by atoms with Crippen LogP contribution in [0.2, 0.25) is 0 Å². The first-order chi connectivity index (χ1) is 13.9. The quantitative estimate of drug-likeness (QED) is 0.583. The summed E-state index contributed by atoms with van der Waals surface area (Å²) in [5, 5.41) is 0.178. The molecule has 8 heteroatoms. The molecule has 0 atom stereocenters. The highest BCUT2D eigenvalue weighted by Gasteiger charge is 2.28. The average molecular weight is 424 g/mol. The van der Waals surface area contributed by atoms with Crippen LogP contribution in [-0.2, 0) is 34.2 Å². The molecule has 0 aliphatic heterocycles. The molecule has 0 spiro atoms. The first-order valence-electron chi connectivity index (χ1n) is 10.4. The first kappa shape index (κ1) is 22.1. The minimum absolute atomic E-state index is 0.178. The minimum Gasteiger partial charge on any atom is -0.465 e.